The zero-order valence-corrected chi connectivity index (χ0v) is 24.1. The predicted molar refractivity (Wildman–Crippen MR) is 167 cm³/mol. The van der Waals surface area contributed by atoms with E-state index in [-0.39, 0.29) is 17.4 Å². The second-order valence-corrected chi connectivity index (χ2v) is 9.94. The summed E-state index contributed by atoms with van der Waals surface area (Å²) in [5, 5.41) is 8.42. The highest BCUT2D eigenvalue weighted by Gasteiger charge is 2.15. The van der Waals surface area contributed by atoms with Gasteiger partial charge in [0.2, 0.25) is 5.91 Å². The fraction of sp³-hybridized carbons (Fsp3) is 0.121. The largest absolute Gasteiger partial charge is 0.495 e. The van der Waals surface area contributed by atoms with Crippen molar-refractivity contribution in [2.24, 2.45) is 0 Å². The quantitative estimate of drug-likeness (QED) is 0.135. The number of para-hydroxylation sites is 2. The molecule has 9 heteroatoms. The highest BCUT2D eigenvalue weighted by atomic mass is 32.2. The molecule has 4 aromatic rings. The van der Waals surface area contributed by atoms with Gasteiger partial charge in [0.1, 0.15) is 17.2 Å². The number of anilines is 2. The fourth-order valence-corrected chi connectivity index (χ4v) is 4.55. The van der Waals surface area contributed by atoms with Crippen LogP contribution in [0.2, 0.25) is 0 Å². The van der Waals surface area contributed by atoms with E-state index in [0.717, 1.165) is 10.5 Å². The van der Waals surface area contributed by atoms with Crippen molar-refractivity contribution >= 4 is 46.9 Å². The molecule has 0 heterocycles. The van der Waals surface area contributed by atoms with Crippen LogP contribution in [0.25, 0.3) is 6.08 Å². The zero-order valence-electron chi connectivity index (χ0n) is 23.3. The molecule has 0 saturated heterocycles. The van der Waals surface area contributed by atoms with E-state index in [1.807, 2.05) is 49.4 Å². The molecule has 0 bridgehead atoms. The Morgan fingerprint density at radius 2 is 1.50 bits per heavy atom. The molecule has 0 saturated carbocycles. The van der Waals surface area contributed by atoms with Crippen LogP contribution < -0.4 is 25.4 Å². The molecule has 0 radical (unpaired) electrons. The van der Waals surface area contributed by atoms with Crippen molar-refractivity contribution in [3.63, 3.8) is 0 Å². The summed E-state index contributed by atoms with van der Waals surface area (Å²) >= 11 is 1.36. The number of nitrogens with one attached hydrogen (secondary N) is 3. The number of ether oxygens (including phenoxy) is 2. The molecule has 0 aromatic heterocycles. The smallest absolute Gasteiger partial charge is 0.272 e. The van der Waals surface area contributed by atoms with Gasteiger partial charge in [0.15, 0.2) is 0 Å². The first kappa shape index (κ1) is 30.0. The van der Waals surface area contributed by atoms with Gasteiger partial charge in [-0.15, -0.1) is 11.8 Å². The summed E-state index contributed by atoms with van der Waals surface area (Å²) in [7, 11) is 1.55. The lowest BCUT2D eigenvalue weighted by Gasteiger charge is -2.12. The Morgan fingerprint density at radius 1 is 0.810 bits per heavy atom. The second-order valence-electron chi connectivity index (χ2n) is 8.90. The van der Waals surface area contributed by atoms with Gasteiger partial charge in [0.05, 0.1) is 25.2 Å². The summed E-state index contributed by atoms with van der Waals surface area (Å²) in [6.07, 6.45) is 1.61. The van der Waals surface area contributed by atoms with Crippen LogP contribution in [0.5, 0.6) is 11.5 Å². The molecule has 4 aromatic carbocycles. The lowest BCUT2D eigenvalue weighted by atomic mass is 10.1. The maximum atomic E-state index is 13.3. The Balaban J connectivity index is 1.41. The summed E-state index contributed by atoms with van der Waals surface area (Å²) < 4.78 is 10.8. The van der Waals surface area contributed by atoms with Gasteiger partial charge in [-0.1, -0.05) is 42.5 Å². The molecule has 0 aliphatic rings. The molecule has 42 heavy (non-hydrogen) atoms. The Labute approximate surface area is 249 Å². The normalized spacial score (nSPS) is 10.9. The molecule has 0 unspecified atom stereocenters. The lowest BCUT2D eigenvalue weighted by molar-refractivity contribution is -0.114. The zero-order chi connectivity index (χ0) is 29.7. The van der Waals surface area contributed by atoms with Gasteiger partial charge in [0, 0.05) is 16.1 Å². The highest BCUT2D eigenvalue weighted by Crippen LogP contribution is 2.25. The van der Waals surface area contributed by atoms with Gasteiger partial charge in [0.25, 0.3) is 11.8 Å². The van der Waals surface area contributed by atoms with E-state index >= 15 is 0 Å². The Hall–Kier alpha value is -5.02. The standard InChI is InChI=1S/C33H31N3O5S/c1-3-41-26-17-13-23(14-18-26)21-29(36-32(38)24-9-5-4-6-10-24)33(39)34-25-15-19-27(20-16-25)42-22-31(37)35-28-11-7-8-12-30(28)40-2/h4-21H,3,22H2,1-2H3,(H,34,39)(H,35,37)(H,36,38)/b29-21-. The third-order valence-electron chi connectivity index (χ3n) is 5.89. The first-order chi connectivity index (χ1) is 20.4. The summed E-state index contributed by atoms with van der Waals surface area (Å²) in [5.41, 5.74) is 2.38. The third-order valence-corrected chi connectivity index (χ3v) is 6.91. The maximum Gasteiger partial charge on any atom is 0.272 e. The molecule has 214 valence electrons. The van der Waals surface area contributed by atoms with Crippen LogP contribution >= 0.6 is 11.8 Å². The Morgan fingerprint density at radius 3 is 2.19 bits per heavy atom. The molecule has 0 spiro atoms. The molecule has 0 fully saturated rings. The average molecular weight is 582 g/mol. The number of thioether (sulfide) groups is 1. The lowest BCUT2D eigenvalue weighted by Crippen LogP contribution is -2.30. The number of methoxy groups -OCH3 is 1. The van der Waals surface area contributed by atoms with Crippen molar-refractivity contribution in [2.75, 3.05) is 30.1 Å². The van der Waals surface area contributed by atoms with Crippen LogP contribution in [0, 0.1) is 0 Å². The number of rotatable bonds is 12. The van der Waals surface area contributed by atoms with Gasteiger partial charge in [-0.25, -0.2) is 0 Å². The molecule has 4 rings (SSSR count). The first-order valence-electron chi connectivity index (χ1n) is 13.2. The number of carbonyl (C=O) groups excluding carboxylic acids is 3. The number of hydrogen-bond acceptors (Lipinski definition) is 6. The Bertz CT molecular complexity index is 1540. The number of hydrogen-bond donors (Lipinski definition) is 3. The van der Waals surface area contributed by atoms with Crippen molar-refractivity contribution < 1.29 is 23.9 Å². The Kier molecular flexibility index (Phi) is 10.8. The SMILES string of the molecule is CCOc1ccc(/C=C(\NC(=O)c2ccccc2)C(=O)Nc2ccc(SCC(=O)Nc3ccccc3OC)cc2)cc1. The van der Waals surface area contributed by atoms with Crippen molar-refractivity contribution in [1.82, 2.24) is 5.32 Å². The molecular weight excluding hydrogens is 550 g/mol. The minimum Gasteiger partial charge on any atom is -0.495 e. The minimum absolute atomic E-state index is 0.0828. The average Bonchev–Trinajstić information content (AvgIpc) is 3.02. The first-order valence-corrected chi connectivity index (χ1v) is 14.2. The molecule has 0 aliphatic carbocycles. The van der Waals surface area contributed by atoms with Crippen LogP contribution in [0.4, 0.5) is 11.4 Å². The number of carbonyl (C=O) groups is 3. The second kappa shape index (κ2) is 15.1. The predicted octanol–water partition coefficient (Wildman–Crippen LogP) is 6.23. The van der Waals surface area contributed by atoms with Crippen LogP contribution in [0.1, 0.15) is 22.8 Å². The van der Waals surface area contributed by atoms with Gasteiger partial charge in [-0.05, 0) is 79.2 Å². The van der Waals surface area contributed by atoms with Crippen LogP contribution in [-0.2, 0) is 9.59 Å². The van der Waals surface area contributed by atoms with E-state index in [1.54, 1.807) is 73.8 Å². The molecule has 8 nitrogen and oxygen atoms in total. The van der Waals surface area contributed by atoms with E-state index in [4.69, 9.17) is 9.47 Å². The highest BCUT2D eigenvalue weighted by molar-refractivity contribution is 8.00. The van der Waals surface area contributed by atoms with Crippen LogP contribution in [0.3, 0.4) is 0 Å². The maximum absolute atomic E-state index is 13.3. The fourth-order valence-electron chi connectivity index (χ4n) is 3.85. The summed E-state index contributed by atoms with van der Waals surface area (Å²) in [6.45, 7) is 2.45. The number of benzene rings is 4. The third kappa shape index (κ3) is 8.74. The van der Waals surface area contributed by atoms with Gasteiger partial charge in [-0.3, -0.25) is 14.4 Å². The molecule has 0 atom stereocenters. The van der Waals surface area contributed by atoms with E-state index in [1.165, 1.54) is 11.8 Å². The van der Waals surface area contributed by atoms with E-state index in [2.05, 4.69) is 16.0 Å². The molecule has 3 N–H and O–H groups in total. The van der Waals surface area contributed by atoms with Crippen molar-refractivity contribution in [3.05, 3.63) is 120 Å². The van der Waals surface area contributed by atoms with Gasteiger partial charge in [-0.2, -0.15) is 0 Å². The monoisotopic (exact) mass is 581 g/mol. The topological polar surface area (TPSA) is 106 Å². The molecular formula is C33H31N3O5S. The van der Waals surface area contributed by atoms with Gasteiger partial charge < -0.3 is 25.4 Å². The van der Waals surface area contributed by atoms with Crippen LogP contribution in [0.15, 0.2) is 114 Å². The van der Waals surface area contributed by atoms with Crippen LogP contribution in [-0.4, -0.2) is 37.2 Å². The van der Waals surface area contributed by atoms with Gasteiger partial charge >= 0.3 is 0 Å². The van der Waals surface area contributed by atoms with E-state index < -0.39 is 11.8 Å². The van der Waals surface area contributed by atoms with E-state index in [0.29, 0.717) is 35.0 Å². The van der Waals surface area contributed by atoms with Crippen molar-refractivity contribution in [1.29, 1.82) is 0 Å². The summed E-state index contributed by atoms with van der Waals surface area (Å²) in [5.74, 6) is 0.451. The molecule has 0 aliphatic heterocycles. The minimum atomic E-state index is -0.482. The molecule has 3 amide bonds. The summed E-state index contributed by atoms with van der Waals surface area (Å²) in [4.78, 5) is 39.5. The number of amides is 3. The van der Waals surface area contributed by atoms with E-state index in [9.17, 15) is 14.4 Å². The van der Waals surface area contributed by atoms with Crippen molar-refractivity contribution in [3.8, 4) is 11.5 Å². The van der Waals surface area contributed by atoms with Crippen molar-refractivity contribution in [2.45, 2.75) is 11.8 Å². The summed E-state index contributed by atoms with van der Waals surface area (Å²) in [6, 6.07) is 30.2.